The normalized spacial score (nSPS) is 26.0. The van der Waals surface area contributed by atoms with E-state index in [1.165, 1.54) is 32.2 Å². The van der Waals surface area contributed by atoms with Crippen molar-refractivity contribution in [1.82, 2.24) is 20.4 Å². The largest absolute Gasteiger partial charge is 0.340 e. The van der Waals surface area contributed by atoms with Crippen LogP contribution in [-0.2, 0) is 6.42 Å². The summed E-state index contributed by atoms with van der Waals surface area (Å²) >= 11 is 0. The first kappa shape index (κ1) is 15.0. The molecule has 1 unspecified atom stereocenters. The molecule has 2 heterocycles. The Morgan fingerprint density at radius 1 is 1.38 bits per heavy atom. The highest BCUT2D eigenvalue weighted by Gasteiger charge is 2.41. The molecular weight excluding hydrogens is 264 g/mol. The minimum atomic E-state index is 0.374. The van der Waals surface area contributed by atoms with Crippen molar-refractivity contribution in [1.29, 1.82) is 0 Å². The van der Waals surface area contributed by atoms with Crippen molar-refractivity contribution >= 4 is 0 Å². The van der Waals surface area contributed by atoms with Crippen LogP contribution in [0.3, 0.4) is 0 Å². The second kappa shape index (κ2) is 6.05. The van der Waals surface area contributed by atoms with Crippen LogP contribution in [0.2, 0.25) is 0 Å². The Bertz CT molecular complexity index is 465. The Labute approximate surface area is 127 Å². The van der Waals surface area contributed by atoms with Gasteiger partial charge in [0.1, 0.15) is 0 Å². The number of hydrogen-bond donors (Lipinski definition) is 1. The summed E-state index contributed by atoms with van der Waals surface area (Å²) in [5.41, 5.74) is 0.374. The van der Waals surface area contributed by atoms with Crippen molar-refractivity contribution < 1.29 is 4.52 Å². The van der Waals surface area contributed by atoms with E-state index in [-0.39, 0.29) is 0 Å². The molecule has 5 nitrogen and oxygen atoms in total. The maximum atomic E-state index is 5.08. The summed E-state index contributed by atoms with van der Waals surface area (Å²) in [6.45, 7) is 9.82. The van der Waals surface area contributed by atoms with Crippen LogP contribution in [0, 0.1) is 12.8 Å². The van der Waals surface area contributed by atoms with Gasteiger partial charge in [0.15, 0.2) is 5.82 Å². The van der Waals surface area contributed by atoms with E-state index >= 15 is 0 Å². The highest BCUT2D eigenvalue weighted by Crippen LogP contribution is 2.34. The van der Waals surface area contributed by atoms with Crippen LogP contribution in [0.5, 0.6) is 0 Å². The molecule has 1 aromatic rings. The predicted molar refractivity (Wildman–Crippen MR) is 82.1 cm³/mol. The van der Waals surface area contributed by atoms with Crippen LogP contribution < -0.4 is 5.32 Å². The molecule has 2 fully saturated rings. The van der Waals surface area contributed by atoms with Gasteiger partial charge in [-0.15, -0.1) is 0 Å². The summed E-state index contributed by atoms with van der Waals surface area (Å²) in [5.74, 6) is 2.18. The fourth-order valence-corrected chi connectivity index (χ4v) is 3.99. The molecular formula is C16H28N4O. The van der Waals surface area contributed by atoms with Crippen LogP contribution in [0.25, 0.3) is 0 Å². The van der Waals surface area contributed by atoms with Crippen molar-refractivity contribution in [2.24, 2.45) is 5.92 Å². The van der Waals surface area contributed by atoms with Crippen LogP contribution in [0.4, 0.5) is 0 Å². The fourth-order valence-electron chi connectivity index (χ4n) is 3.99. The third-order valence-electron chi connectivity index (χ3n) is 5.18. The van der Waals surface area contributed by atoms with Gasteiger partial charge in [0.2, 0.25) is 5.89 Å². The molecule has 2 aliphatic rings. The number of piperazine rings is 1. The molecule has 0 radical (unpaired) electrons. The summed E-state index contributed by atoms with van der Waals surface area (Å²) in [6, 6.07) is 0.615. The van der Waals surface area contributed by atoms with E-state index in [9.17, 15) is 0 Å². The molecule has 3 rings (SSSR count). The van der Waals surface area contributed by atoms with Crippen LogP contribution in [-0.4, -0.2) is 46.3 Å². The maximum absolute atomic E-state index is 5.08. The van der Waals surface area contributed by atoms with Gasteiger partial charge >= 0.3 is 0 Å². The fraction of sp³-hybridized carbons (Fsp3) is 0.875. The summed E-state index contributed by atoms with van der Waals surface area (Å²) in [5, 5.41) is 7.90. The lowest BCUT2D eigenvalue weighted by atomic mass is 9.89. The van der Waals surface area contributed by atoms with Gasteiger partial charge in [-0.2, -0.15) is 4.98 Å². The topological polar surface area (TPSA) is 54.2 Å². The standard InChI is InChI=1S/C16H28N4O/c1-12(2)14-10-17-16(7-4-5-8-16)11-20(14)9-6-15-18-13(3)21-19-15/h12,14,17H,4-11H2,1-3H3. The van der Waals surface area contributed by atoms with Gasteiger partial charge in [-0.25, -0.2) is 0 Å². The van der Waals surface area contributed by atoms with Crippen LogP contribution in [0.15, 0.2) is 4.52 Å². The van der Waals surface area contributed by atoms with Gasteiger partial charge in [-0.05, 0) is 18.8 Å². The van der Waals surface area contributed by atoms with E-state index in [4.69, 9.17) is 4.52 Å². The van der Waals surface area contributed by atoms with Crippen molar-refractivity contribution in [3.05, 3.63) is 11.7 Å². The Morgan fingerprint density at radius 3 is 2.76 bits per heavy atom. The SMILES string of the molecule is Cc1nc(CCN2CC3(CCCC3)NCC2C(C)C)no1. The summed E-state index contributed by atoms with van der Waals surface area (Å²) < 4.78 is 5.08. The van der Waals surface area contributed by atoms with E-state index in [2.05, 4.69) is 34.2 Å². The van der Waals surface area contributed by atoms with Gasteiger partial charge in [-0.3, -0.25) is 4.90 Å². The van der Waals surface area contributed by atoms with Gasteiger partial charge in [0.25, 0.3) is 0 Å². The number of aromatic nitrogens is 2. The monoisotopic (exact) mass is 292 g/mol. The highest BCUT2D eigenvalue weighted by molar-refractivity contribution is 5.02. The van der Waals surface area contributed by atoms with E-state index in [0.29, 0.717) is 23.4 Å². The minimum Gasteiger partial charge on any atom is -0.340 e. The van der Waals surface area contributed by atoms with Gasteiger partial charge in [0, 0.05) is 44.6 Å². The average molecular weight is 292 g/mol. The van der Waals surface area contributed by atoms with Gasteiger partial charge < -0.3 is 9.84 Å². The molecule has 5 heteroatoms. The predicted octanol–water partition coefficient (Wildman–Crippen LogP) is 2.16. The zero-order chi connectivity index (χ0) is 14.9. The Morgan fingerprint density at radius 2 is 2.14 bits per heavy atom. The zero-order valence-electron chi connectivity index (χ0n) is 13.6. The molecule has 0 aromatic carbocycles. The lowest BCUT2D eigenvalue weighted by molar-refractivity contribution is 0.0575. The number of rotatable bonds is 4. The van der Waals surface area contributed by atoms with E-state index in [1.807, 2.05) is 6.92 Å². The van der Waals surface area contributed by atoms with Crippen molar-refractivity contribution in [3.8, 4) is 0 Å². The first-order valence-electron chi connectivity index (χ1n) is 8.36. The third-order valence-corrected chi connectivity index (χ3v) is 5.18. The average Bonchev–Trinajstić information content (AvgIpc) is 3.06. The molecule has 0 amide bonds. The lowest BCUT2D eigenvalue weighted by Crippen LogP contribution is -2.64. The summed E-state index contributed by atoms with van der Waals surface area (Å²) in [4.78, 5) is 7.00. The molecule has 1 atom stereocenters. The number of nitrogens with one attached hydrogen (secondary N) is 1. The van der Waals surface area contributed by atoms with E-state index in [0.717, 1.165) is 25.3 Å². The van der Waals surface area contributed by atoms with E-state index in [1.54, 1.807) is 0 Å². The first-order valence-corrected chi connectivity index (χ1v) is 8.36. The number of hydrogen-bond acceptors (Lipinski definition) is 5. The second-order valence-electron chi connectivity index (χ2n) is 7.13. The van der Waals surface area contributed by atoms with Crippen LogP contribution >= 0.6 is 0 Å². The number of aryl methyl sites for hydroxylation is 1. The summed E-state index contributed by atoms with van der Waals surface area (Å²) in [6.07, 6.45) is 6.29. The van der Waals surface area contributed by atoms with Gasteiger partial charge in [0.05, 0.1) is 0 Å². The molecule has 1 aliphatic carbocycles. The number of nitrogens with zero attached hydrogens (tertiary/aromatic N) is 3. The molecule has 1 spiro atoms. The van der Waals surface area contributed by atoms with Crippen molar-refractivity contribution in [2.45, 2.75) is 64.5 Å². The van der Waals surface area contributed by atoms with Crippen molar-refractivity contribution in [2.75, 3.05) is 19.6 Å². The minimum absolute atomic E-state index is 0.374. The molecule has 1 saturated carbocycles. The zero-order valence-corrected chi connectivity index (χ0v) is 13.6. The molecule has 1 saturated heterocycles. The Kier molecular flexibility index (Phi) is 4.31. The third kappa shape index (κ3) is 3.29. The molecule has 1 aromatic heterocycles. The Hall–Kier alpha value is -0.940. The quantitative estimate of drug-likeness (QED) is 0.921. The molecule has 118 valence electrons. The molecule has 21 heavy (non-hydrogen) atoms. The molecule has 0 bridgehead atoms. The molecule has 1 aliphatic heterocycles. The smallest absolute Gasteiger partial charge is 0.223 e. The van der Waals surface area contributed by atoms with E-state index < -0.39 is 0 Å². The van der Waals surface area contributed by atoms with Crippen LogP contribution in [0.1, 0.15) is 51.2 Å². The molecule has 1 N–H and O–H groups in total. The summed E-state index contributed by atoms with van der Waals surface area (Å²) in [7, 11) is 0. The Balaban J connectivity index is 1.65. The highest BCUT2D eigenvalue weighted by atomic mass is 16.5. The lowest BCUT2D eigenvalue weighted by Gasteiger charge is -2.48. The first-order chi connectivity index (χ1) is 10.1. The van der Waals surface area contributed by atoms with Gasteiger partial charge in [-0.1, -0.05) is 31.8 Å². The second-order valence-corrected chi connectivity index (χ2v) is 7.13. The maximum Gasteiger partial charge on any atom is 0.223 e. The van der Waals surface area contributed by atoms with Crippen molar-refractivity contribution in [3.63, 3.8) is 0 Å².